The topological polar surface area (TPSA) is 90.7 Å². The molecule has 0 radical (unpaired) electrons. The molecule has 16 heavy (non-hydrogen) atoms. The molecule has 0 aliphatic rings. The van der Waals surface area contributed by atoms with Gasteiger partial charge in [0.05, 0.1) is 0 Å². The van der Waals surface area contributed by atoms with Gasteiger partial charge in [-0.3, -0.25) is 0 Å². The summed E-state index contributed by atoms with van der Waals surface area (Å²) in [6.45, 7) is 1.82. The van der Waals surface area contributed by atoms with Gasteiger partial charge in [-0.15, -0.1) is 0 Å². The average Bonchev–Trinajstić information content (AvgIpc) is 2.20. The van der Waals surface area contributed by atoms with Crippen molar-refractivity contribution in [1.82, 2.24) is 15.0 Å². The van der Waals surface area contributed by atoms with Crippen LogP contribution >= 0.6 is 0 Å². The molecule has 0 amide bonds. The van der Waals surface area contributed by atoms with Crippen LogP contribution in [0.5, 0.6) is 0 Å². The molecule has 0 atom stereocenters. The monoisotopic (exact) mass is 219 g/mol. The fourth-order valence-electron chi connectivity index (χ4n) is 1.36. The molecule has 2 rings (SSSR count). The number of anilines is 2. The van der Waals surface area contributed by atoms with E-state index in [0.29, 0.717) is 5.56 Å². The van der Waals surface area contributed by atoms with Crippen molar-refractivity contribution >= 4 is 11.9 Å². The second kappa shape index (κ2) is 3.73. The van der Waals surface area contributed by atoms with Crippen molar-refractivity contribution in [3.8, 4) is 11.4 Å². The smallest absolute Gasteiger partial charge is 0.225 e. The van der Waals surface area contributed by atoms with E-state index in [1.54, 1.807) is 6.07 Å². The van der Waals surface area contributed by atoms with Gasteiger partial charge in [0.1, 0.15) is 5.82 Å². The lowest BCUT2D eigenvalue weighted by atomic mass is 10.1. The van der Waals surface area contributed by atoms with E-state index in [-0.39, 0.29) is 23.5 Å². The molecule has 2 aromatic rings. The third-order valence-corrected chi connectivity index (χ3v) is 2.11. The minimum atomic E-state index is -0.363. The zero-order valence-corrected chi connectivity index (χ0v) is 8.61. The van der Waals surface area contributed by atoms with Crippen LogP contribution in [0.2, 0.25) is 0 Å². The lowest BCUT2D eigenvalue weighted by Crippen LogP contribution is -2.04. The third-order valence-electron chi connectivity index (χ3n) is 2.11. The first-order chi connectivity index (χ1) is 7.56. The molecule has 0 fully saturated rings. The van der Waals surface area contributed by atoms with E-state index < -0.39 is 0 Å². The summed E-state index contributed by atoms with van der Waals surface area (Å²) in [4.78, 5) is 11.5. The molecule has 82 valence electrons. The Hall–Kier alpha value is -2.24. The number of nitrogen functional groups attached to an aromatic ring is 2. The minimum Gasteiger partial charge on any atom is -0.368 e. The van der Waals surface area contributed by atoms with Crippen LogP contribution in [0.3, 0.4) is 0 Å². The Morgan fingerprint density at radius 1 is 1.06 bits per heavy atom. The molecule has 0 unspecified atom stereocenters. The second-order valence-corrected chi connectivity index (χ2v) is 3.33. The first-order valence-electron chi connectivity index (χ1n) is 4.60. The highest BCUT2D eigenvalue weighted by Crippen LogP contribution is 2.21. The fourth-order valence-corrected chi connectivity index (χ4v) is 1.36. The summed E-state index contributed by atoms with van der Waals surface area (Å²) >= 11 is 0. The standard InChI is InChI=1S/C10H10FN5/c1-5-2-3-6(11)4-7(5)8-14-9(12)16-10(13)15-8/h2-4H,1H3,(H4,12,13,14,15,16). The molecule has 1 aromatic carbocycles. The van der Waals surface area contributed by atoms with E-state index in [2.05, 4.69) is 15.0 Å². The third kappa shape index (κ3) is 1.90. The van der Waals surface area contributed by atoms with E-state index >= 15 is 0 Å². The van der Waals surface area contributed by atoms with Gasteiger partial charge in [0.25, 0.3) is 0 Å². The van der Waals surface area contributed by atoms with Crippen LogP contribution in [0, 0.1) is 12.7 Å². The molecule has 0 spiro atoms. The highest BCUT2D eigenvalue weighted by molar-refractivity contribution is 5.61. The van der Waals surface area contributed by atoms with Crippen LogP contribution in [-0.2, 0) is 0 Å². The van der Waals surface area contributed by atoms with E-state index in [4.69, 9.17) is 11.5 Å². The van der Waals surface area contributed by atoms with Gasteiger partial charge in [-0.25, -0.2) is 4.39 Å². The van der Waals surface area contributed by atoms with E-state index in [0.717, 1.165) is 5.56 Å². The number of hydrogen-bond donors (Lipinski definition) is 2. The molecule has 0 saturated heterocycles. The Balaban J connectivity index is 2.62. The van der Waals surface area contributed by atoms with Crippen molar-refractivity contribution in [3.63, 3.8) is 0 Å². The van der Waals surface area contributed by atoms with Crippen LogP contribution in [0.1, 0.15) is 5.56 Å². The molecule has 1 aromatic heterocycles. The lowest BCUT2D eigenvalue weighted by Gasteiger charge is -2.05. The summed E-state index contributed by atoms with van der Waals surface area (Å²) in [6.07, 6.45) is 0. The minimum absolute atomic E-state index is 0.0196. The van der Waals surface area contributed by atoms with Gasteiger partial charge in [-0.05, 0) is 24.6 Å². The van der Waals surface area contributed by atoms with Crippen molar-refractivity contribution in [3.05, 3.63) is 29.6 Å². The number of benzene rings is 1. The predicted molar refractivity (Wildman–Crippen MR) is 58.8 cm³/mol. The van der Waals surface area contributed by atoms with Gasteiger partial charge in [-0.2, -0.15) is 15.0 Å². The maximum Gasteiger partial charge on any atom is 0.225 e. The van der Waals surface area contributed by atoms with E-state index in [1.165, 1.54) is 12.1 Å². The van der Waals surface area contributed by atoms with Crippen LogP contribution in [0.25, 0.3) is 11.4 Å². The van der Waals surface area contributed by atoms with Crippen molar-refractivity contribution in [2.75, 3.05) is 11.5 Å². The zero-order chi connectivity index (χ0) is 11.7. The molecule has 1 heterocycles. The Morgan fingerprint density at radius 2 is 1.69 bits per heavy atom. The summed E-state index contributed by atoms with van der Waals surface area (Å²) in [5.74, 6) is -0.0440. The van der Waals surface area contributed by atoms with E-state index in [9.17, 15) is 4.39 Å². The summed E-state index contributed by atoms with van der Waals surface area (Å²) in [5, 5.41) is 0. The van der Waals surface area contributed by atoms with Crippen molar-refractivity contribution < 1.29 is 4.39 Å². The van der Waals surface area contributed by atoms with Crippen LogP contribution in [0.15, 0.2) is 18.2 Å². The van der Waals surface area contributed by atoms with Crippen LogP contribution < -0.4 is 11.5 Å². The number of rotatable bonds is 1. The highest BCUT2D eigenvalue weighted by atomic mass is 19.1. The summed E-state index contributed by atoms with van der Waals surface area (Å²) < 4.78 is 13.1. The second-order valence-electron chi connectivity index (χ2n) is 3.33. The lowest BCUT2D eigenvalue weighted by molar-refractivity contribution is 0.627. The Bertz CT molecular complexity index is 520. The first kappa shape index (κ1) is 10.3. The van der Waals surface area contributed by atoms with Gasteiger partial charge >= 0.3 is 0 Å². The molecule has 4 N–H and O–H groups in total. The summed E-state index contributed by atoms with van der Waals surface area (Å²) in [6, 6.07) is 4.34. The van der Waals surface area contributed by atoms with Crippen molar-refractivity contribution in [1.29, 1.82) is 0 Å². The zero-order valence-electron chi connectivity index (χ0n) is 8.61. The molecule has 6 heteroatoms. The van der Waals surface area contributed by atoms with Crippen LogP contribution in [0.4, 0.5) is 16.3 Å². The van der Waals surface area contributed by atoms with E-state index in [1.807, 2.05) is 6.92 Å². The van der Waals surface area contributed by atoms with Gasteiger partial charge in [-0.1, -0.05) is 6.07 Å². The SMILES string of the molecule is Cc1ccc(F)cc1-c1nc(N)nc(N)n1. The molecule has 0 aliphatic heterocycles. The number of aryl methyl sites for hydroxylation is 1. The largest absolute Gasteiger partial charge is 0.368 e. The van der Waals surface area contributed by atoms with Gasteiger partial charge in [0, 0.05) is 5.56 Å². The predicted octanol–water partition coefficient (Wildman–Crippen LogP) is 1.15. The van der Waals surface area contributed by atoms with Crippen LogP contribution in [-0.4, -0.2) is 15.0 Å². The first-order valence-corrected chi connectivity index (χ1v) is 4.60. The number of halogens is 1. The number of nitrogens with zero attached hydrogens (tertiary/aromatic N) is 3. The highest BCUT2D eigenvalue weighted by Gasteiger charge is 2.08. The van der Waals surface area contributed by atoms with Gasteiger partial charge < -0.3 is 11.5 Å². The van der Waals surface area contributed by atoms with Crippen molar-refractivity contribution in [2.24, 2.45) is 0 Å². The van der Waals surface area contributed by atoms with Gasteiger partial charge in [0.2, 0.25) is 11.9 Å². The molecular formula is C10H10FN5. The molecular weight excluding hydrogens is 209 g/mol. The molecule has 0 saturated carbocycles. The molecule has 5 nitrogen and oxygen atoms in total. The molecule has 0 bridgehead atoms. The van der Waals surface area contributed by atoms with Gasteiger partial charge in [0.15, 0.2) is 5.82 Å². The maximum atomic E-state index is 13.1. The normalized spacial score (nSPS) is 10.4. The number of nitrogens with two attached hydrogens (primary N) is 2. The Labute approximate surface area is 91.4 Å². The van der Waals surface area contributed by atoms with Crippen molar-refractivity contribution in [2.45, 2.75) is 6.92 Å². The Morgan fingerprint density at radius 3 is 2.31 bits per heavy atom. The number of aromatic nitrogens is 3. The Kier molecular flexibility index (Phi) is 2.40. The fraction of sp³-hybridized carbons (Fsp3) is 0.100. The number of hydrogen-bond acceptors (Lipinski definition) is 5. The summed E-state index contributed by atoms with van der Waals surface area (Å²) in [7, 11) is 0. The summed E-state index contributed by atoms with van der Waals surface area (Å²) in [5.41, 5.74) is 12.3. The quantitative estimate of drug-likeness (QED) is 0.750. The average molecular weight is 219 g/mol. The molecule has 0 aliphatic carbocycles. The maximum absolute atomic E-state index is 13.1.